The van der Waals surface area contributed by atoms with Crippen molar-refractivity contribution < 1.29 is 18.4 Å². The van der Waals surface area contributed by atoms with Gasteiger partial charge in [-0.25, -0.2) is 18.5 Å². The van der Waals surface area contributed by atoms with E-state index in [0.717, 1.165) is 4.90 Å². The molecule has 1 aliphatic heterocycles. The third-order valence-corrected chi connectivity index (χ3v) is 6.80. The van der Waals surface area contributed by atoms with E-state index in [4.69, 9.17) is 0 Å². The minimum absolute atomic E-state index is 0.119. The van der Waals surface area contributed by atoms with Gasteiger partial charge < -0.3 is 4.90 Å². The summed E-state index contributed by atoms with van der Waals surface area (Å²) in [6.07, 6.45) is 0. The summed E-state index contributed by atoms with van der Waals surface area (Å²) in [5, 5.41) is 1.83. The molecule has 0 bridgehead atoms. The number of thiophene rings is 1. The minimum atomic E-state index is -1.12. The predicted octanol–water partition coefficient (Wildman–Crippen LogP) is 6.20. The highest BCUT2D eigenvalue weighted by atomic mass is 79.9. The summed E-state index contributed by atoms with van der Waals surface area (Å²) in [7, 11) is 0. The van der Waals surface area contributed by atoms with E-state index in [0.29, 0.717) is 26.2 Å². The average Bonchev–Trinajstić information content (AvgIpc) is 3.27. The lowest BCUT2D eigenvalue weighted by molar-refractivity contribution is -0.123. The van der Waals surface area contributed by atoms with Gasteiger partial charge in [-0.15, -0.1) is 11.3 Å². The summed E-state index contributed by atoms with van der Waals surface area (Å²) >= 11 is 4.68. The van der Waals surface area contributed by atoms with Crippen LogP contribution in [0.5, 0.6) is 0 Å². The van der Waals surface area contributed by atoms with Gasteiger partial charge in [-0.2, -0.15) is 0 Å². The molecule has 2 heterocycles. The number of nitrogens with zero attached hydrogens (tertiary/aromatic N) is 2. The Bertz CT molecular complexity index is 1150. The van der Waals surface area contributed by atoms with Crippen LogP contribution in [-0.2, 0) is 11.3 Å². The first kappa shape index (κ1) is 20.7. The topological polar surface area (TPSA) is 40.6 Å². The number of urea groups is 1. The number of hydrogen-bond donors (Lipinski definition) is 0. The molecule has 1 aliphatic rings. The quantitative estimate of drug-likeness (QED) is 0.408. The van der Waals surface area contributed by atoms with E-state index in [9.17, 15) is 18.4 Å². The van der Waals surface area contributed by atoms with Crippen LogP contribution in [0.3, 0.4) is 0 Å². The van der Waals surface area contributed by atoms with Crippen molar-refractivity contribution in [1.29, 1.82) is 0 Å². The lowest BCUT2D eigenvalue weighted by Crippen LogP contribution is -2.43. The fourth-order valence-electron chi connectivity index (χ4n) is 3.42. The maximum Gasteiger partial charge on any atom is 0.332 e. The van der Waals surface area contributed by atoms with E-state index in [1.54, 1.807) is 26.0 Å². The van der Waals surface area contributed by atoms with Gasteiger partial charge in [0.15, 0.2) is 0 Å². The Morgan fingerprint density at radius 1 is 1.07 bits per heavy atom. The third kappa shape index (κ3) is 3.44. The fraction of sp³-hybridized carbons (Fsp3) is 0.182. The van der Waals surface area contributed by atoms with Crippen LogP contribution in [-0.4, -0.2) is 22.4 Å². The van der Waals surface area contributed by atoms with Crippen molar-refractivity contribution in [2.75, 3.05) is 4.90 Å². The first-order valence-electron chi connectivity index (χ1n) is 9.13. The summed E-state index contributed by atoms with van der Waals surface area (Å²) in [6, 6.07) is 11.5. The van der Waals surface area contributed by atoms with Gasteiger partial charge in [0, 0.05) is 21.5 Å². The summed E-state index contributed by atoms with van der Waals surface area (Å²) in [5.41, 5.74) is 0.192. The monoisotopic (exact) mass is 490 g/mol. The van der Waals surface area contributed by atoms with Crippen LogP contribution in [0.15, 0.2) is 58.4 Å². The van der Waals surface area contributed by atoms with Crippen LogP contribution in [0.25, 0.3) is 10.4 Å². The highest BCUT2D eigenvalue weighted by Gasteiger charge is 2.51. The van der Waals surface area contributed by atoms with Crippen molar-refractivity contribution in [3.05, 3.63) is 75.6 Å². The molecule has 0 saturated carbocycles. The second-order valence-electron chi connectivity index (χ2n) is 7.45. The van der Waals surface area contributed by atoms with E-state index in [2.05, 4.69) is 15.9 Å². The Morgan fingerprint density at radius 3 is 2.50 bits per heavy atom. The highest BCUT2D eigenvalue weighted by molar-refractivity contribution is 9.10. The molecule has 0 aliphatic carbocycles. The molecule has 3 amide bonds. The van der Waals surface area contributed by atoms with Crippen LogP contribution >= 0.6 is 27.3 Å². The van der Waals surface area contributed by atoms with Gasteiger partial charge >= 0.3 is 6.03 Å². The number of carbonyl (C=O) groups excluding carboxylic acids is 2. The number of halogens is 3. The Morgan fingerprint density at radius 2 is 1.83 bits per heavy atom. The minimum Gasteiger partial charge on any atom is -0.305 e. The number of imide groups is 1. The summed E-state index contributed by atoms with van der Waals surface area (Å²) in [4.78, 5) is 29.6. The van der Waals surface area contributed by atoms with E-state index >= 15 is 0 Å². The molecule has 4 nitrogen and oxygen atoms in total. The number of carbonyl (C=O) groups is 2. The molecule has 0 radical (unpaired) electrons. The van der Waals surface area contributed by atoms with Crippen LogP contribution in [0.4, 0.5) is 19.3 Å². The van der Waals surface area contributed by atoms with Crippen molar-refractivity contribution in [3.63, 3.8) is 0 Å². The fourth-order valence-corrected chi connectivity index (χ4v) is 4.64. The number of benzene rings is 2. The zero-order valence-corrected chi connectivity index (χ0v) is 18.6. The van der Waals surface area contributed by atoms with Gasteiger partial charge in [-0.05, 0) is 61.2 Å². The summed E-state index contributed by atoms with van der Waals surface area (Å²) in [6.45, 7) is 3.44. The van der Waals surface area contributed by atoms with Crippen LogP contribution in [0, 0.1) is 11.6 Å². The van der Waals surface area contributed by atoms with Crippen molar-refractivity contribution in [1.82, 2.24) is 4.90 Å². The second-order valence-corrected chi connectivity index (χ2v) is 9.25. The number of amides is 3. The molecule has 8 heteroatoms. The number of hydrogen-bond acceptors (Lipinski definition) is 3. The molecule has 2 aromatic carbocycles. The standard InChI is InChI=1S/C22H17BrF2N2O2S/c1-22(2)20(28)27(15-7-8-18(25)16(11-15)19-4-3-9-30-19)21(29)26(22)12-13-5-6-14(24)10-17(13)23/h3-11H,12H2,1-2H3. The third-order valence-electron chi connectivity index (χ3n) is 5.16. The maximum atomic E-state index is 14.4. The van der Waals surface area contributed by atoms with E-state index < -0.39 is 29.1 Å². The SMILES string of the molecule is CC1(C)C(=O)N(c2ccc(F)c(-c3cccs3)c2)C(=O)N1Cc1ccc(F)cc1Br. The molecule has 1 saturated heterocycles. The molecule has 0 spiro atoms. The van der Waals surface area contributed by atoms with Gasteiger partial charge in [0.1, 0.15) is 17.2 Å². The first-order chi connectivity index (χ1) is 14.2. The lowest BCUT2D eigenvalue weighted by Gasteiger charge is -2.28. The van der Waals surface area contributed by atoms with Crippen LogP contribution in [0.2, 0.25) is 0 Å². The van der Waals surface area contributed by atoms with E-state index in [1.165, 1.54) is 46.6 Å². The predicted molar refractivity (Wildman–Crippen MR) is 116 cm³/mol. The molecule has 1 aromatic heterocycles. The molecule has 0 N–H and O–H groups in total. The molecule has 0 unspecified atom stereocenters. The molecule has 30 heavy (non-hydrogen) atoms. The van der Waals surface area contributed by atoms with Crippen molar-refractivity contribution in [2.24, 2.45) is 0 Å². The van der Waals surface area contributed by atoms with Gasteiger partial charge in [-0.1, -0.05) is 28.1 Å². The lowest BCUT2D eigenvalue weighted by atomic mass is 10.0. The maximum absolute atomic E-state index is 14.4. The smallest absolute Gasteiger partial charge is 0.305 e. The van der Waals surface area contributed by atoms with Gasteiger partial charge in [0.2, 0.25) is 0 Å². The van der Waals surface area contributed by atoms with Crippen molar-refractivity contribution >= 4 is 44.9 Å². The molecule has 1 fully saturated rings. The van der Waals surface area contributed by atoms with Gasteiger partial charge in [-0.3, -0.25) is 4.79 Å². The second kappa shape index (κ2) is 7.59. The zero-order chi connectivity index (χ0) is 21.6. The average molecular weight is 491 g/mol. The molecule has 3 aromatic rings. The Hall–Kier alpha value is -2.58. The van der Waals surface area contributed by atoms with Crippen LogP contribution in [0.1, 0.15) is 19.4 Å². The first-order valence-corrected chi connectivity index (χ1v) is 10.8. The Balaban J connectivity index is 1.71. The summed E-state index contributed by atoms with van der Waals surface area (Å²) in [5.74, 6) is -1.23. The highest BCUT2D eigenvalue weighted by Crippen LogP contribution is 2.37. The van der Waals surface area contributed by atoms with Crippen LogP contribution < -0.4 is 4.90 Å². The molecular formula is C22H17BrF2N2O2S. The number of rotatable bonds is 4. The normalized spacial score (nSPS) is 15.9. The largest absolute Gasteiger partial charge is 0.332 e. The molecule has 154 valence electrons. The molecule has 4 rings (SSSR count). The van der Waals surface area contributed by atoms with Gasteiger partial charge in [0.05, 0.1) is 5.69 Å². The Labute approximate surface area is 184 Å². The zero-order valence-electron chi connectivity index (χ0n) is 16.2. The van der Waals surface area contributed by atoms with Crippen molar-refractivity contribution in [2.45, 2.75) is 25.9 Å². The van der Waals surface area contributed by atoms with E-state index in [1.807, 2.05) is 11.4 Å². The summed E-state index contributed by atoms with van der Waals surface area (Å²) < 4.78 is 28.3. The van der Waals surface area contributed by atoms with Gasteiger partial charge in [0.25, 0.3) is 5.91 Å². The Kier molecular flexibility index (Phi) is 5.23. The number of anilines is 1. The molecular weight excluding hydrogens is 474 g/mol. The van der Waals surface area contributed by atoms with Crippen molar-refractivity contribution in [3.8, 4) is 10.4 Å². The molecule has 0 atom stereocenters. The van der Waals surface area contributed by atoms with E-state index in [-0.39, 0.29) is 6.54 Å².